The largest absolute Gasteiger partial charge is 0.395 e. The number of hydrogen-bond donors (Lipinski definition) is 1. The van der Waals surface area contributed by atoms with E-state index in [1.54, 1.807) is 0 Å². The Bertz CT molecular complexity index is 550. The maximum atomic E-state index is 9.49. The number of aliphatic hydroxyl groups excluding tert-OH is 1. The van der Waals surface area contributed by atoms with Crippen molar-refractivity contribution in [3.05, 3.63) is 60.2 Å². The number of nitrogens with zero attached hydrogens (tertiary/aromatic N) is 1. The quantitative estimate of drug-likeness (QED) is 0.923. The summed E-state index contributed by atoms with van der Waals surface area (Å²) in [5.41, 5.74) is 3.85. The average molecular weight is 281 g/mol. The van der Waals surface area contributed by atoms with Gasteiger partial charge in [-0.3, -0.25) is 4.90 Å². The summed E-state index contributed by atoms with van der Waals surface area (Å²) in [7, 11) is 0. The van der Waals surface area contributed by atoms with Crippen LogP contribution in [0.25, 0.3) is 11.1 Å². The van der Waals surface area contributed by atoms with Crippen LogP contribution in [0.4, 0.5) is 0 Å². The van der Waals surface area contributed by atoms with Crippen molar-refractivity contribution < 1.29 is 5.11 Å². The topological polar surface area (TPSA) is 23.5 Å². The molecule has 0 radical (unpaired) electrons. The van der Waals surface area contributed by atoms with Gasteiger partial charge in [0, 0.05) is 12.6 Å². The van der Waals surface area contributed by atoms with Crippen molar-refractivity contribution >= 4 is 0 Å². The summed E-state index contributed by atoms with van der Waals surface area (Å²) in [6.45, 7) is 2.33. The third kappa shape index (κ3) is 3.52. The molecule has 0 aromatic heterocycles. The number of hydrogen-bond acceptors (Lipinski definition) is 2. The van der Waals surface area contributed by atoms with Crippen LogP contribution in [0.2, 0.25) is 0 Å². The van der Waals surface area contributed by atoms with Crippen LogP contribution < -0.4 is 0 Å². The number of aliphatic hydroxyl groups is 1. The lowest BCUT2D eigenvalue weighted by molar-refractivity contribution is 0.0841. The van der Waals surface area contributed by atoms with Crippen molar-refractivity contribution in [1.29, 1.82) is 0 Å². The Labute approximate surface area is 127 Å². The molecule has 0 saturated carbocycles. The molecule has 0 amide bonds. The monoisotopic (exact) mass is 281 g/mol. The summed E-state index contributed by atoms with van der Waals surface area (Å²) >= 11 is 0. The summed E-state index contributed by atoms with van der Waals surface area (Å²) in [5, 5.41) is 9.49. The maximum absolute atomic E-state index is 9.49. The van der Waals surface area contributed by atoms with E-state index >= 15 is 0 Å². The highest BCUT2D eigenvalue weighted by Gasteiger charge is 2.21. The summed E-state index contributed by atoms with van der Waals surface area (Å²) in [5.74, 6) is 0. The SMILES string of the molecule is OC[C@@H]1CCCCN1Cc1ccc(-c2ccccc2)cc1. The molecule has 0 aliphatic carbocycles. The minimum Gasteiger partial charge on any atom is -0.395 e. The molecule has 1 aliphatic rings. The van der Waals surface area contributed by atoms with Crippen molar-refractivity contribution in [1.82, 2.24) is 4.90 Å². The highest BCUT2D eigenvalue weighted by molar-refractivity contribution is 5.63. The first-order chi connectivity index (χ1) is 10.4. The average Bonchev–Trinajstić information content (AvgIpc) is 2.57. The van der Waals surface area contributed by atoms with E-state index in [1.165, 1.54) is 29.5 Å². The standard InChI is InChI=1S/C19H23NO/c21-15-19-8-4-5-13-20(19)14-16-9-11-18(12-10-16)17-6-2-1-3-7-17/h1-3,6-7,9-12,19,21H,4-5,8,13-15H2/t19-/m0/s1. The van der Waals surface area contributed by atoms with E-state index in [4.69, 9.17) is 0 Å². The third-order valence-corrected chi connectivity index (χ3v) is 4.41. The lowest BCUT2D eigenvalue weighted by Gasteiger charge is -2.34. The second-order valence-electron chi connectivity index (χ2n) is 5.87. The van der Waals surface area contributed by atoms with Gasteiger partial charge in [-0.2, -0.15) is 0 Å². The van der Waals surface area contributed by atoms with Crippen LogP contribution in [-0.2, 0) is 6.54 Å². The highest BCUT2D eigenvalue weighted by Crippen LogP contribution is 2.22. The van der Waals surface area contributed by atoms with Gasteiger partial charge in [-0.1, -0.05) is 61.0 Å². The molecule has 1 fully saturated rings. The Balaban J connectivity index is 1.69. The minimum atomic E-state index is 0.280. The molecule has 1 atom stereocenters. The van der Waals surface area contributed by atoms with E-state index in [0.29, 0.717) is 6.04 Å². The van der Waals surface area contributed by atoms with Crippen molar-refractivity contribution in [3.63, 3.8) is 0 Å². The molecule has 1 aliphatic heterocycles. The Morgan fingerprint density at radius 2 is 1.62 bits per heavy atom. The first-order valence-electron chi connectivity index (χ1n) is 7.86. The molecule has 1 heterocycles. The summed E-state index contributed by atoms with van der Waals surface area (Å²) in [6.07, 6.45) is 3.62. The second kappa shape index (κ2) is 6.88. The predicted octanol–water partition coefficient (Wildman–Crippen LogP) is 3.70. The van der Waals surface area contributed by atoms with Crippen molar-refractivity contribution in [2.24, 2.45) is 0 Å². The van der Waals surface area contributed by atoms with Crippen LogP contribution in [0, 0.1) is 0 Å². The van der Waals surface area contributed by atoms with Gasteiger partial charge in [0.05, 0.1) is 6.61 Å². The van der Waals surface area contributed by atoms with Gasteiger partial charge in [0.2, 0.25) is 0 Å². The zero-order valence-electron chi connectivity index (χ0n) is 12.4. The van der Waals surface area contributed by atoms with Gasteiger partial charge >= 0.3 is 0 Å². The van der Waals surface area contributed by atoms with Gasteiger partial charge in [0.25, 0.3) is 0 Å². The van der Waals surface area contributed by atoms with E-state index < -0.39 is 0 Å². The molecule has 2 aromatic rings. The van der Waals surface area contributed by atoms with Crippen molar-refractivity contribution in [2.45, 2.75) is 31.8 Å². The molecule has 1 saturated heterocycles. The Kier molecular flexibility index (Phi) is 4.69. The van der Waals surface area contributed by atoms with Crippen molar-refractivity contribution in [2.75, 3.05) is 13.2 Å². The fraction of sp³-hybridized carbons (Fsp3) is 0.368. The molecule has 110 valence electrons. The van der Waals surface area contributed by atoms with E-state index in [9.17, 15) is 5.11 Å². The van der Waals surface area contributed by atoms with E-state index in [1.807, 2.05) is 6.07 Å². The minimum absolute atomic E-state index is 0.280. The van der Waals surface area contributed by atoms with Crippen LogP contribution in [-0.4, -0.2) is 29.2 Å². The van der Waals surface area contributed by atoms with E-state index in [-0.39, 0.29) is 6.61 Å². The maximum Gasteiger partial charge on any atom is 0.0586 e. The summed E-state index contributed by atoms with van der Waals surface area (Å²) < 4.78 is 0. The van der Waals surface area contributed by atoms with Crippen LogP contribution in [0.15, 0.2) is 54.6 Å². The van der Waals surface area contributed by atoms with E-state index in [2.05, 4.69) is 53.4 Å². The molecule has 0 spiro atoms. The fourth-order valence-corrected chi connectivity index (χ4v) is 3.14. The van der Waals surface area contributed by atoms with E-state index in [0.717, 1.165) is 19.5 Å². The molecule has 3 rings (SSSR count). The zero-order valence-corrected chi connectivity index (χ0v) is 12.4. The van der Waals surface area contributed by atoms with Gasteiger partial charge in [-0.15, -0.1) is 0 Å². The number of likely N-dealkylation sites (tertiary alicyclic amines) is 1. The number of benzene rings is 2. The third-order valence-electron chi connectivity index (χ3n) is 4.41. The molecule has 2 aromatic carbocycles. The molecule has 0 bridgehead atoms. The Hall–Kier alpha value is -1.64. The summed E-state index contributed by atoms with van der Waals surface area (Å²) in [4.78, 5) is 2.42. The normalized spacial score (nSPS) is 19.6. The van der Waals surface area contributed by atoms with Crippen LogP contribution >= 0.6 is 0 Å². The van der Waals surface area contributed by atoms with Crippen molar-refractivity contribution in [3.8, 4) is 11.1 Å². The fourth-order valence-electron chi connectivity index (χ4n) is 3.14. The predicted molar refractivity (Wildman–Crippen MR) is 87.0 cm³/mol. The van der Waals surface area contributed by atoms with Crippen LogP contribution in [0.3, 0.4) is 0 Å². The summed E-state index contributed by atoms with van der Waals surface area (Å²) in [6, 6.07) is 19.6. The first-order valence-corrected chi connectivity index (χ1v) is 7.86. The van der Waals surface area contributed by atoms with Gasteiger partial charge in [0.15, 0.2) is 0 Å². The molecule has 2 nitrogen and oxygen atoms in total. The first kappa shape index (κ1) is 14.3. The van der Waals surface area contributed by atoms with Crippen LogP contribution in [0.5, 0.6) is 0 Å². The Morgan fingerprint density at radius 1 is 0.905 bits per heavy atom. The molecular formula is C19H23NO. The lowest BCUT2D eigenvalue weighted by atomic mass is 10.0. The van der Waals surface area contributed by atoms with Gasteiger partial charge in [-0.25, -0.2) is 0 Å². The zero-order chi connectivity index (χ0) is 14.5. The smallest absolute Gasteiger partial charge is 0.0586 e. The van der Waals surface area contributed by atoms with Gasteiger partial charge < -0.3 is 5.11 Å². The molecule has 2 heteroatoms. The molecule has 1 N–H and O–H groups in total. The lowest BCUT2D eigenvalue weighted by Crippen LogP contribution is -2.41. The Morgan fingerprint density at radius 3 is 2.33 bits per heavy atom. The van der Waals surface area contributed by atoms with Gasteiger partial charge in [0.1, 0.15) is 0 Å². The molecular weight excluding hydrogens is 258 g/mol. The number of rotatable bonds is 4. The highest BCUT2D eigenvalue weighted by atomic mass is 16.3. The molecule has 21 heavy (non-hydrogen) atoms. The van der Waals surface area contributed by atoms with Gasteiger partial charge in [-0.05, 0) is 36.1 Å². The second-order valence-corrected chi connectivity index (χ2v) is 5.87. The van der Waals surface area contributed by atoms with Crippen LogP contribution in [0.1, 0.15) is 24.8 Å². The number of piperidine rings is 1. The molecule has 0 unspecified atom stereocenters.